The van der Waals surface area contributed by atoms with Crippen molar-refractivity contribution in [2.24, 2.45) is 47.3 Å². The molecule has 2 heteroatoms. The smallest absolute Gasteiger partial charge is 0.0635 e. The molecule has 0 aromatic carbocycles. The molecule has 0 aromatic heterocycles. The fraction of sp³-hybridized carbons (Fsp3) is 1.00. The van der Waals surface area contributed by atoms with E-state index < -0.39 is 0 Å². The van der Waals surface area contributed by atoms with Gasteiger partial charge in [-0.15, -0.1) is 0 Å². The minimum atomic E-state index is 0. The van der Waals surface area contributed by atoms with E-state index in [1.165, 1.54) is 51.4 Å². The van der Waals surface area contributed by atoms with E-state index >= 15 is 0 Å². The second kappa shape index (κ2) is 5.28. The van der Waals surface area contributed by atoms with Gasteiger partial charge < -0.3 is 4.74 Å². The summed E-state index contributed by atoms with van der Waals surface area (Å²) in [7, 11) is 0. The van der Waals surface area contributed by atoms with Gasteiger partial charge in [0.1, 0.15) is 0 Å². The topological polar surface area (TPSA) is 9.23 Å². The summed E-state index contributed by atoms with van der Waals surface area (Å²) in [6.45, 7) is 0. The third-order valence-corrected chi connectivity index (χ3v) is 8.59. The molecule has 8 saturated carbocycles. The summed E-state index contributed by atoms with van der Waals surface area (Å²) in [4.78, 5) is 0. The van der Waals surface area contributed by atoms with Crippen LogP contribution in [0.15, 0.2) is 0 Å². The molecule has 8 bridgehead atoms. The standard InChI is InChI=1S/C20H30O.Li/c1-11-3-15-5-12(1)6-16(4-11)19(15)21-20-17-7-13-2-14(9-17)10-18(20)8-13;/h11-20H,1-10H2;. The molecule has 0 atom stereocenters. The molecule has 8 rings (SSSR count). The van der Waals surface area contributed by atoms with Crippen molar-refractivity contribution in [1.29, 1.82) is 0 Å². The van der Waals surface area contributed by atoms with Gasteiger partial charge in [-0.05, 0) is 112 Å². The van der Waals surface area contributed by atoms with Gasteiger partial charge >= 0.3 is 0 Å². The van der Waals surface area contributed by atoms with Crippen molar-refractivity contribution in [1.82, 2.24) is 0 Å². The first-order valence-corrected chi connectivity index (χ1v) is 9.97. The summed E-state index contributed by atoms with van der Waals surface area (Å²) in [5, 5.41) is 0. The van der Waals surface area contributed by atoms with Gasteiger partial charge in [0, 0.05) is 18.9 Å². The van der Waals surface area contributed by atoms with Crippen LogP contribution in [-0.4, -0.2) is 31.1 Å². The first-order valence-electron chi connectivity index (χ1n) is 9.97. The average molecular weight is 293 g/mol. The van der Waals surface area contributed by atoms with Crippen molar-refractivity contribution in [2.75, 3.05) is 0 Å². The van der Waals surface area contributed by atoms with E-state index in [4.69, 9.17) is 4.74 Å². The molecule has 8 fully saturated rings. The van der Waals surface area contributed by atoms with Crippen LogP contribution in [0.5, 0.6) is 0 Å². The van der Waals surface area contributed by atoms with Gasteiger partial charge in [-0.1, -0.05) is 0 Å². The molecular weight excluding hydrogens is 263 g/mol. The van der Waals surface area contributed by atoms with Crippen LogP contribution in [-0.2, 0) is 4.74 Å². The zero-order valence-electron chi connectivity index (χ0n) is 14.3. The van der Waals surface area contributed by atoms with Crippen molar-refractivity contribution in [3.63, 3.8) is 0 Å². The number of hydrogen-bond donors (Lipinski definition) is 0. The van der Waals surface area contributed by atoms with Crippen molar-refractivity contribution < 1.29 is 4.74 Å². The maximum absolute atomic E-state index is 7.00. The van der Waals surface area contributed by atoms with Gasteiger partial charge in [0.05, 0.1) is 12.2 Å². The van der Waals surface area contributed by atoms with E-state index in [1.807, 2.05) is 0 Å². The molecule has 0 aromatic rings. The molecule has 8 aliphatic rings. The van der Waals surface area contributed by atoms with Gasteiger partial charge in [0.2, 0.25) is 0 Å². The number of ether oxygens (including phenoxy) is 1. The third kappa shape index (κ3) is 2.14. The normalized spacial score (nSPS) is 60.5. The largest absolute Gasteiger partial charge is 0.374 e. The Morgan fingerprint density at radius 1 is 0.409 bits per heavy atom. The molecule has 1 nitrogen and oxygen atoms in total. The first kappa shape index (κ1) is 14.9. The predicted molar refractivity (Wildman–Crippen MR) is 88.5 cm³/mol. The van der Waals surface area contributed by atoms with Crippen LogP contribution in [0.4, 0.5) is 0 Å². The zero-order valence-corrected chi connectivity index (χ0v) is 14.3. The summed E-state index contributed by atoms with van der Waals surface area (Å²) >= 11 is 0. The summed E-state index contributed by atoms with van der Waals surface area (Å²) < 4.78 is 7.00. The molecular formula is C20H30LiO. The number of rotatable bonds is 2. The fourth-order valence-electron chi connectivity index (χ4n) is 8.38. The molecule has 0 saturated heterocycles. The summed E-state index contributed by atoms with van der Waals surface area (Å²) in [5.41, 5.74) is 0. The van der Waals surface area contributed by atoms with E-state index in [0.717, 1.165) is 47.3 Å². The second-order valence-electron chi connectivity index (χ2n) is 9.93. The third-order valence-electron chi connectivity index (χ3n) is 8.59. The van der Waals surface area contributed by atoms with Gasteiger partial charge in [-0.25, -0.2) is 0 Å². The monoisotopic (exact) mass is 293 g/mol. The van der Waals surface area contributed by atoms with Crippen LogP contribution in [0.1, 0.15) is 64.2 Å². The molecule has 0 aliphatic heterocycles. The first-order chi connectivity index (χ1) is 10.3. The molecule has 1 radical (unpaired) electrons. The van der Waals surface area contributed by atoms with Gasteiger partial charge in [0.25, 0.3) is 0 Å². The maximum atomic E-state index is 7.00. The molecule has 0 heterocycles. The summed E-state index contributed by atoms with van der Waals surface area (Å²) in [6, 6.07) is 0. The molecule has 117 valence electrons. The molecule has 0 spiro atoms. The minimum absolute atomic E-state index is 0. The predicted octanol–water partition coefficient (Wildman–Crippen LogP) is 4.27. The van der Waals surface area contributed by atoms with Crippen LogP contribution in [0.2, 0.25) is 0 Å². The Morgan fingerprint density at radius 2 is 0.682 bits per heavy atom. The van der Waals surface area contributed by atoms with Crippen molar-refractivity contribution in [3.8, 4) is 0 Å². The van der Waals surface area contributed by atoms with E-state index in [1.54, 1.807) is 12.8 Å². The SMILES string of the molecule is C1C2CC3CC1CC(C2)C3OC1C2CC3CC(C2)CC1C3.[Li]. The Labute approximate surface area is 147 Å². The van der Waals surface area contributed by atoms with Crippen LogP contribution < -0.4 is 0 Å². The molecule has 0 unspecified atom stereocenters. The zero-order chi connectivity index (χ0) is 13.6. The quantitative estimate of drug-likeness (QED) is 0.691. The van der Waals surface area contributed by atoms with Crippen LogP contribution in [0, 0.1) is 47.3 Å². The molecule has 0 amide bonds. The molecule has 22 heavy (non-hydrogen) atoms. The van der Waals surface area contributed by atoms with Crippen LogP contribution in [0.25, 0.3) is 0 Å². The Morgan fingerprint density at radius 3 is 0.955 bits per heavy atom. The van der Waals surface area contributed by atoms with Crippen LogP contribution >= 0.6 is 0 Å². The van der Waals surface area contributed by atoms with E-state index in [-0.39, 0.29) is 18.9 Å². The van der Waals surface area contributed by atoms with E-state index in [2.05, 4.69) is 0 Å². The van der Waals surface area contributed by atoms with Gasteiger partial charge in [0.15, 0.2) is 0 Å². The second-order valence-corrected chi connectivity index (χ2v) is 9.93. The average Bonchev–Trinajstić information content (AvgIpc) is 2.43. The molecule has 8 aliphatic carbocycles. The molecule has 0 N–H and O–H groups in total. The van der Waals surface area contributed by atoms with Crippen molar-refractivity contribution in [2.45, 2.75) is 76.4 Å². The Bertz CT molecular complexity index is 351. The van der Waals surface area contributed by atoms with Crippen molar-refractivity contribution in [3.05, 3.63) is 0 Å². The summed E-state index contributed by atoms with van der Waals surface area (Å²) in [6.07, 6.45) is 16.6. The Hall–Kier alpha value is 0.557. The van der Waals surface area contributed by atoms with E-state index in [0.29, 0.717) is 12.2 Å². The maximum Gasteiger partial charge on any atom is 0.0635 e. The van der Waals surface area contributed by atoms with Gasteiger partial charge in [-0.2, -0.15) is 0 Å². The van der Waals surface area contributed by atoms with Crippen LogP contribution in [0.3, 0.4) is 0 Å². The Balaban J connectivity index is 0.00000113. The fourth-order valence-corrected chi connectivity index (χ4v) is 8.38. The number of hydrogen-bond acceptors (Lipinski definition) is 1. The summed E-state index contributed by atoms with van der Waals surface area (Å²) in [5.74, 6) is 8.18. The minimum Gasteiger partial charge on any atom is -0.374 e. The van der Waals surface area contributed by atoms with Gasteiger partial charge in [-0.3, -0.25) is 0 Å². The Kier molecular flexibility index (Phi) is 3.56. The van der Waals surface area contributed by atoms with Crippen molar-refractivity contribution >= 4 is 18.9 Å². The van der Waals surface area contributed by atoms with E-state index in [9.17, 15) is 0 Å².